The minimum atomic E-state index is -4.95. The molecule has 0 aromatic rings. The van der Waals surface area contributed by atoms with E-state index < -0.39 is 33.2 Å². The first-order valence-electron chi connectivity index (χ1n) is 8.55. The van der Waals surface area contributed by atoms with Gasteiger partial charge in [0.25, 0.3) is 10.1 Å². The summed E-state index contributed by atoms with van der Waals surface area (Å²) >= 11 is 0. The van der Waals surface area contributed by atoms with E-state index in [9.17, 15) is 27.7 Å². The Kier molecular flexibility index (Phi) is 15.1. The van der Waals surface area contributed by atoms with Crippen molar-refractivity contribution in [3.05, 3.63) is 0 Å². The fraction of sp³-hybridized carbons (Fsp3) is 0.875. The number of unbranched alkanes of at least 4 members (excludes halogenated alkanes) is 6. The molecule has 142 valence electrons. The van der Waals surface area contributed by atoms with Crippen LogP contribution in [0.4, 0.5) is 0 Å². The summed E-state index contributed by atoms with van der Waals surface area (Å²) in [5.74, 6) is -2.92. The van der Waals surface area contributed by atoms with Gasteiger partial charge in [-0.15, -0.1) is 0 Å². The summed E-state index contributed by atoms with van der Waals surface area (Å²) in [7, 11) is -4.95. The third kappa shape index (κ3) is 9.94. The number of hydrogen-bond donors (Lipinski definition) is 1. The van der Waals surface area contributed by atoms with Crippen molar-refractivity contribution >= 4 is 22.1 Å². The Balaban J connectivity index is 0. The molecule has 0 aliphatic rings. The molecule has 1 N–H and O–H groups in total. The van der Waals surface area contributed by atoms with Crippen molar-refractivity contribution in [1.82, 2.24) is 0 Å². The maximum absolute atomic E-state index is 12.3. The molecule has 0 amide bonds. The average molecular weight is 388 g/mol. The topological polar surface area (TPSA) is 121 Å². The summed E-state index contributed by atoms with van der Waals surface area (Å²) in [5, 5.41) is 11.0. The van der Waals surface area contributed by atoms with E-state index in [-0.39, 0.29) is 42.6 Å². The predicted octanol–water partition coefficient (Wildman–Crippen LogP) is -1.15. The summed E-state index contributed by atoms with van der Waals surface area (Å²) in [4.78, 5) is 23.3. The Morgan fingerprint density at radius 3 is 1.96 bits per heavy atom. The molecule has 0 radical (unpaired) electrons. The van der Waals surface area contributed by atoms with E-state index in [1.807, 2.05) is 13.8 Å². The molecule has 0 saturated heterocycles. The number of carboxylic acid groups (broad SMARTS) is 1. The first-order chi connectivity index (χ1) is 11.2. The van der Waals surface area contributed by atoms with Crippen LogP contribution in [-0.4, -0.2) is 36.3 Å². The number of hydrogen-bond acceptors (Lipinski definition) is 6. The van der Waals surface area contributed by atoms with Crippen LogP contribution in [0.25, 0.3) is 0 Å². The van der Waals surface area contributed by atoms with Gasteiger partial charge in [0.05, 0.1) is 6.61 Å². The minimum absolute atomic E-state index is 0. The Bertz CT molecular complexity index is 493. The maximum Gasteiger partial charge on any atom is 1.00 e. The van der Waals surface area contributed by atoms with Gasteiger partial charge in [-0.2, -0.15) is 8.42 Å². The van der Waals surface area contributed by atoms with E-state index >= 15 is 0 Å². The normalized spacial score (nSPS) is 13.6. The fourth-order valence-electron chi connectivity index (χ4n) is 2.48. The van der Waals surface area contributed by atoms with E-state index in [1.54, 1.807) is 0 Å². The molecule has 1 atom stereocenters. The number of rotatable bonds is 14. The summed E-state index contributed by atoms with van der Waals surface area (Å²) in [6, 6.07) is 0. The van der Waals surface area contributed by atoms with Crippen molar-refractivity contribution in [1.29, 1.82) is 0 Å². The standard InChI is InChI=1S/C16H30O7S.Na/c1-3-5-7-9-11-16(13-14(17)18,24(20,21)22)15(19)23-12-10-8-6-4-2;/h3-13H2,1-2H3,(H,17,18)(H,20,21,22);/q;+1/p-1. The molecule has 0 aromatic heterocycles. The third-order valence-corrected chi connectivity index (χ3v) is 5.46. The Hall–Kier alpha value is -0.150. The summed E-state index contributed by atoms with van der Waals surface area (Å²) in [6.07, 6.45) is 4.56. The van der Waals surface area contributed by atoms with Gasteiger partial charge >= 0.3 is 35.5 Å². The molecule has 0 rings (SSSR count). The summed E-state index contributed by atoms with van der Waals surface area (Å²) in [6.45, 7) is 3.98. The Morgan fingerprint density at radius 2 is 1.52 bits per heavy atom. The van der Waals surface area contributed by atoms with E-state index in [4.69, 9.17) is 4.74 Å². The van der Waals surface area contributed by atoms with Crippen LogP contribution >= 0.6 is 0 Å². The van der Waals surface area contributed by atoms with Gasteiger partial charge in [0.2, 0.25) is 0 Å². The van der Waals surface area contributed by atoms with Crippen molar-refractivity contribution in [3.8, 4) is 0 Å². The van der Waals surface area contributed by atoms with Crippen LogP contribution in [0.5, 0.6) is 0 Å². The Morgan fingerprint density at radius 1 is 1.00 bits per heavy atom. The van der Waals surface area contributed by atoms with Crippen LogP contribution in [0.3, 0.4) is 0 Å². The van der Waals surface area contributed by atoms with Crippen molar-refractivity contribution in [3.63, 3.8) is 0 Å². The first-order valence-corrected chi connectivity index (χ1v) is 9.99. The van der Waals surface area contributed by atoms with Crippen LogP contribution in [0.15, 0.2) is 0 Å². The monoisotopic (exact) mass is 388 g/mol. The van der Waals surface area contributed by atoms with Crippen LogP contribution in [-0.2, 0) is 24.4 Å². The van der Waals surface area contributed by atoms with E-state index in [2.05, 4.69) is 0 Å². The van der Waals surface area contributed by atoms with E-state index in [0.717, 1.165) is 32.1 Å². The predicted molar refractivity (Wildman–Crippen MR) is 87.8 cm³/mol. The van der Waals surface area contributed by atoms with Crippen molar-refractivity contribution in [2.24, 2.45) is 0 Å². The van der Waals surface area contributed by atoms with Crippen LogP contribution in [0, 0.1) is 0 Å². The SMILES string of the molecule is CCCCCCOC(=O)C(CCCCCC)(CC(=O)[O-])S(=O)(=O)O.[Na+]. The quantitative estimate of drug-likeness (QED) is 0.173. The Labute approximate surface area is 172 Å². The molecule has 0 bridgehead atoms. The first kappa shape index (κ1) is 27.1. The van der Waals surface area contributed by atoms with Crippen molar-refractivity contribution < 1.29 is 62.0 Å². The molecule has 1 unspecified atom stereocenters. The third-order valence-electron chi connectivity index (χ3n) is 3.96. The second kappa shape index (κ2) is 14.0. The molecule has 0 aliphatic carbocycles. The molecule has 0 aliphatic heterocycles. The summed E-state index contributed by atoms with van der Waals surface area (Å²) < 4.78 is 35.6. The molecular formula is C16H29NaO7S. The number of ether oxygens (including phenoxy) is 1. The average Bonchev–Trinajstić information content (AvgIpc) is 2.48. The molecule has 0 saturated carbocycles. The van der Waals surface area contributed by atoms with E-state index in [0.29, 0.717) is 19.3 Å². The van der Waals surface area contributed by atoms with Gasteiger partial charge < -0.3 is 14.6 Å². The summed E-state index contributed by atoms with van der Waals surface area (Å²) in [5.41, 5.74) is 0. The van der Waals surface area contributed by atoms with Crippen LogP contribution in [0.2, 0.25) is 0 Å². The van der Waals surface area contributed by atoms with Gasteiger partial charge in [-0.05, 0) is 12.8 Å². The smallest absolute Gasteiger partial charge is 0.550 e. The van der Waals surface area contributed by atoms with Gasteiger partial charge in [-0.1, -0.05) is 58.8 Å². The number of carbonyl (C=O) groups excluding carboxylic acids is 2. The molecule has 0 aromatic carbocycles. The molecule has 0 heterocycles. The van der Waals surface area contributed by atoms with E-state index in [1.165, 1.54) is 0 Å². The molecule has 0 fully saturated rings. The minimum Gasteiger partial charge on any atom is -0.550 e. The second-order valence-corrected chi connectivity index (χ2v) is 7.76. The van der Waals surface area contributed by atoms with Crippen LogP contribution in [0.1, 0.15) is 78.1 Å². The number of aliphatic carboxylic acids is 1. The fourth-order valence-corrected chi connectivity index (χ4v) is 3.46. The zero-order chi connectivity index (χ0) is 18.6. The van der Waals surface area contributed by atoms with Gasteiger partial charge in [-0.3, -0.25) is 9.35 Å². The molecule has 0 spiro atoms. The number of carbonyl (C=O) groups is 2. The van der Waals surface area contributed by atoms with Gasteiger partial charge in [0, 0.05) is 12.4 Å². The van der Waals surface area contributed by atoms with Crippen molar-refractivity contribution in [2.45, 2.75) is 82.8 Å². The maximum atomic E-state index is 12.3. The number of esters is 1. The van der Waals surface area contributed by atoms with Crippen molar-refractivity contribution in [2.75, 3.05) is 6.61 Å². The van der Waals surface area contributed by atoms with Gasteiger partial charge in [0.15, 0.2) is 4.75 Å². The van der Waals surface area contributed by atoms with Gasteiger partial charge in [-0.25, -0.2) is 0 Å². The molecule has 25 heavy (non-hydrogen) atoms. The molecule has 9 heteroatoms. The van der Waals surface area contributed by atoms with Gasteiger partial charge in [0.1, 0.15) is 0 Å². The zero-order valence-corrected chi connectivity index (χ0v) is 18.4. The zero-order valence-electron chi connectivity index (χ0n) is 15.6. The largest absolute Gasteiger partial charge is 1.00 e. The second-order valence-electron chi connectivity index (χ2n) is 6.03. The number of carboxylic acids is 1. The molecular weight excluding hydrogens is 359 g/mol. The van der Waals surface area contributed by atoms with Crippen LogP contribution < -0.4 is 34.7 Å². The molecule has 7 nitrogen and oxygen atoms in total.